The van der Waals surface area contributed by atoms with Crippen molar-refractivity contribution in [2.45, 2.75) is 51.6 Å². The number of amides is 2. The Bertz CT molecular complexity index is 376. The third-order valence-electron chi connectivity index (χ3n) is 3.84. The van der Waals surface area contributed by atoms with Gasteiger partial charge in [0.15, 0.2) is 0 Å². The van der Waals surface area contributed by atoms with Gasteiger partial charge in [0.25, 0.3) is 6.43 Å². The Hall–Kier alpha value is -1.44. The topological polar surface area (TPSA) is 72.9 Å². The number of rotatable bonds is 9. The minimum atomic E-state index is -2.54. The van der Waals surface area contributed by atoms with Crippen LogP contribution in [-0.4, -0.2) is 71.6 Å². The van der Waals surface area contributed by atoms with Crippen LogP contribution in [0, 0.1) is 0 Å². The van der Waals surface area contributed by atoms with Crippen LogP contribution in [-0.2, 0) is 4.79 Å². The first-order valence-corrected chi connectivity index (χ1v) is 7.66. The molecule has 0 saturated heterocycles. The fourth-order valence-electron chi connectivity index (χ4n) is 2.65. The zero-order chi connectivity index (χ0) is 16.7. The van der Waals surface area contributed by atoms with Crippen molar-refractivity contribution in [3.05, 3.63) is 0 Å². The van der Waals surface area contributed by atoms with Crippen LogP contribution < -0.4 is 5.32 Å². The predicted octanol–water partition coefficient (Wildman–Crippen LogP) is 1.61. The molecule has 0 spiro atoms. The lowest BCUT2D eigenvalue weighted by atomic mass is 9.85. The SMILES string of the molecule is CCCN(CC(F)F)C(=O)NC1CC(N(CC)CC(=O)O)C1. The fourth-order valence-corrected chi connectivity index (χ4v) is 2.65. The van der Waals surface area contributed by atoms with E-state index in [1.165, 1.54) is 0 Å². The summed E-state index contributed by atoms with van der Waals surface area (Å²) in [5, 5.41) is 11.6. The van der Waals surface area contributed by atoms with Crippen LogP contribution in [0.15, 0.2) is 0 Å². The number of carbonyl (C=O) groups excluding carboxylic acids is 1. The first kappa shape index (κ1) is 18.6. The lowest BCUT2D eigenvalue weighted by Gasteiger charge is -2.42. The molecule has 1 aliphatic rings. The van der Waals surface area contributed by atoms with E-state index in [-0.39, 0.29) is 18.6 Å². The van der Waals surface area contributed by atoms with Gasteiger partial charge in [-0.2, -0.15) is 0 Å². The van der Waals surface area contributed by atoms with Crippen molar-refractivity contribution >= 4 is 12.0 Å². The molecule has 1 fully saturated rings. The van der Waals surface area contributed by atoms with Crippen LogP contribution in [0.2, 0.25) is 0 Å². The van der Waals surface area contributed by atoms with Crippen LogP contribution in [0.3, 0.4) is 0 Å². The minimum absolute atomic E-state index is 0.0187. The molecular formula is C14H25F2N3O3. The fraction of sp³-hybridized carbons (Fsp3) is 0.857. The third kappa shape index (κ3) is 5.75. The molecule has 1 aliphatic carbocycles. The molecule has 1 saturated carbocycles. The summed E-state index contributed by atoms with van der Waals surface area (Å²) in [4.78, 5) is 25.7. The Morgan fingerprint density at radius 1 is 1.32 bits per heavy atom. The molecule has 0 bridgehead atoms. The van der Waals surface area contributed by atoms with Crippen molar-refractivity contribution in [2.24, 2.45) is 0 Å². The zero-order valence-electron chi connectivity index (χ0n) is 13.1. The van der Waals surface area contributed by atoms with Gasteiger partial charge in [0.1, 0.15) is 0 Å². The van der Waals surface area contributed by atoms with Crippen molar-refractivity contribution in [2.75, 3.05) is 26.2 Å². The predicted molar refractivity (Wildman–Crippen MR) is 78.1 cm³/mol. The molecule has 0 radical (unpaired) electrons. The van der Waals surface area contributed by atoms with E-state index in [0.29, 0.717) is 32.4 Å². The second-order valence-corrected chi connectivity index (χ2v) is 5.57. The third-order valence-corrected chi connectivity index (χ3v) is 3.84. The first-order chi connectivity index (χ1) is 10.4. The number of hydrogen-bond donors (Lipinski definition) is 2. The number of aliphatic carboxylic acids is 1. The first-order valence-electron chi connectivity index (χ1n) is 7.66. The van der Waals surface area contributed by atoms with E-state index in [0.717, 1.165) is 4.90 Å². The molecule has 0 heterocycles. The molecule has 0 aromatic heterocycles. The summed E-state index contributed by atoms with van der Waals surface area (Å²) >= 11 is 0. The molecule has 6 nitrogen and oxygen atoms in total. The van der Waals surface area contributed by atoms with Gasteiger partial charge in [0.2, 0.25) is 0 Å². The highest BCUT2D eigenvalue weighted by Gasteiger charge is 2.35. The Morgan fingerprint density at radius 3 is 2.41 bits per heavy atom. The number of carbonyl (C=O) groups is 2. The highest BCUT2D eigenvalue weighted by molar-refractivity contribution is 5.74. The number of alkyl halides is 2. The number of halogens is 2. The maximum absolute atomic E-state index is 12.5. The number of urea groups is 1. The zero-order valence-corrected chi connectivity index (χ0v) is 13.1. The maximum atomic E-state index is 12.5. The second-order valence-electron chi connectivity index (χ2n) is 5.57. The summed E-state index contributed by atoms with van der Waals surface area (Å²) in [6.45, 7) is 4.07. The van der Waals surface area contributed by atoms with Gasteiger partial charge in [-0.3, -0.25) is 9.69 Å². The lowest BCUT2D eigenvalue weighted by Crippen LogP contribution is -2.57. The average Bonchev–Trinajstić information content (AvgIpc) is 2.38. The lowest BCUT2D eigenvalue weighted by molar-refractivity contribution is -0.139. The number of carboxylic acid groups (broad SMARTS) is 1. The molecular weight excluding hydrogens is 296 g/mol. The molecule has 0 atom stereocenters. The molecule has 22 heavy (non-hydrogen) atoms. The molecule has 0 aromatic carbocycles. The molecule has 2 amide bonds. The van der Waals surface area contributed by atoms with Crippen LogP contribution >= 0.6 is 0 Å². The van der Waals surface area contributed by atoms with E-state index in [9.17, 15) is 18.4 Å². The Kier molecular flexibility index (Phi) is 7.50. The van der Waals surface area contributed by atoms with Crippen LogP contribution in [0.4, 0.5) is 13.6 Å². The minimum Gasteiger partial charge on any atom is -0.480 e. The van der Waals surface area contributed by atoms with Crippen molar-refractivity contribution < 1.29 is 23.5 Å². The molecule has 1 rings (SSSR count). The summed E-state index contributed by atoms with van der Waals surface area (Å²) < 4.78 is 24.9. The van der Waals surface area contributed by atoms with Crippen molar-refractivity contribution in [1.82, 2.24) is 15.1 Å². The monoisotopic (exact) mass is 321 g/mol. The molecule has 2 N–H and O–H groups in total. The smallest absolute Gasteiger partial charge is 0.317 e. The van der Waals surface area contributed by atoms with E-state index in [4.69, 9.17) is 5.11 Å². The summed E-state index contributed by atoms with van der Waals surface area (Å²) in [5.74, 6) is -0.875. The number of likely N-dealkylation sites (N-methyl/N-ethyl adjacent to an activating group) is 1. The molecule has 0 unspecified atom stereocenters. The van der Waals surface area contributed by atoms with Gasteiger partial charge in [-0.05, 0) is 25.8 Å². The quantitative estimate of drug-likeness (QED) is 0.677. The summed E-state index contributed by atoms with van der Waals surface area (Å²) in [5.41, 5.74) is 0. The summed E-state index contributed by atoms with van der Waals surface area (Å²) in [7, 11) is 0. The Balaban J connectivity index is 2.39. The van der Waals surface area contributed by atoms with Crippen molar-refractivity contribution in [3.63, 3.8) is 0 Å². The molecule has 128 valence electrons. The van der Waals surface area contributed by atoms with E-state index in [1.807, 2.05) is 18.7 Å². The van der Waals surface area contributed by atoms with Gasteiger partial charge >= 0.3 is 12.0 Å². The standard InChI is InChI=1S/C14H25F2N3O3/c1-3-5-19(8-12(15)16)14(22)17-10-6-11(7-10)18(4-2)9-13(20)21/h10-12H,3-9H2,1-2H3,(H,17,22)(H,20,21). The van der Waals surface area contributed by atoms with Crippen LogP contribution in [0.1, 0.15) is 33.1 Å². The van der Waals surface area contributed by atoms with Gasteiger partial charge < -0.3 is 15.3 Å². The summed E-state index contributed by atoms with van der Waals surface area (Å²) in [6, 6.07) is -0.412. The number of hydrogen-bond acceptors (Lipinski definition) is 3. The van der Waals surface area contributed by atoms with Gasteiger partial charge in [-0.25, -0.2) is 13.6 Å². The van der Waals surface area contributed by atoms with Gasteiger partial charge in [0, 0.05) is 18.6 Å². The largest absolute Gasteiger partial charge is 0.480 e. The van der Waals surface area contributed by atoms with E-state index < -0.39 is 25.0 Å². The van der Waals surface area contributed by atoms with E-state index in [1.54, 1.807) is 0 Å². The highest BCUT2D eigenvalue weighted by atomic mass is 19.3. The second kappa shape index (κ2) is 8.87. The number of nitrogens with zero attached hydrogens (tertiary/aromatic N) is 2. The van der Waals surface area contributed by atoms with Gasteiger partial charge in [0.05, 0.1) is 13.1 Å². The van der Waals surface area contributed by atoms with E-state index >= 15 is 0 Å². The van der Waals surface area contributed by atoms with E-state index in [2.05, 4.69) is 5.32 Å². The van der Waals surface area contributed by atoms with Crippen molar-refractivity contribution in [1.29, 1.82) is 0 Å². The van der Waals surface area contributed by atoms with Gasteiger partial charge in [-0.1, -0.05) is 13.8 Å². The number of carboxylic acids is 1. The van der Waals surface area contributed by atoms with Crippen LogP contribution in [0.25, 0.3) is 0 Å². The highest BCUT2D eigenvalue weighted by Crippen LogP contribution is 2.25. The summed E-state index contributed by atoms with van der Waals surface area (Å²) in [6.07, 6.45) is -0.615. The molecule has 0 aromatic rings. The normalized spacial score (nSPS) is 20.8. The van der Waals surface area contributed by atoms with Gasteiger partial charge in [-0.15, -0.1) is 0 Å². The average molecular weight is 321 g/mol. The van der Waals surface area contributed by atoms with Crippen molar-refractivity contribution in [3.8, 4) is 0 Å². The van der Waals surface area contributed by atoms with Crippen LogP contribution in [0.5, 0.6) is 0 Å². The Labute approximate surface area is 129 Å². The Morgan fingerprint density at radius 2 is 1.95 bits per heavy atom. The molecule has 0 aliphatic heterocycles. The molecule has 8 heteroatoms. The number of nitrogens with one attached hydrogen (secondary N) is 1. The maximum Gasteiger partial charge on any atom is 0.317 e.